The SMILES string of the molecule is CNC(=O)c1ccc(NCc2ccc[nH]2)c(C)c1. The van der Waals surface area contributed by atoms with Crippen molar-refractivity contribution in [1.82, 2.24) is 10.3 Å². The van der Waals surface area contributed by atoms with Gasteiger partial charge in [-0.15, -0.1) is 0 Å². The summed E-state index contributed by atoms with van der Waals surface area (Å²) in [6.45, 7) is 2.73. The quantitative estimate of drug-likeness (QED) is 0.771. The smallest absolute Gasteiger partial charge is 0.251 e. The molecule has 4 nitrogen and oxygen atoms in total. The van der Waals surface area contributed by atoms with E-state index in [0.29, 0.717) is 5.56 Å². The summed E-state index contributed by atoms with van der Waals surface area (Å²) in [6, 6.07) is 9.64. The Balaban J connectivity index is 2.08. The standard InChI is InChI=1S/C14H17N3O/c1-10-8-11(14(18)15-2)5-6-13(10)17-9-12-4-3-7-16-12/h3-8,16-17H,9H2,1-2H3,(H,15,18). The van der Waals surface area contributed by atoms with Crippen molar-refractivity contribution in [2.45, 2.75) is 13.5 Å². The molecule has 1 heterocycles. The molecule has 2 rings (SSSR count). The third-order valence-electron chi connectivity index (χ3n) is 2.85. The summed E-state index contributed by atoms with van der Waals surface area (Å²) in [6.07, 6.45) is 1.90. The molecule has 18 heavy (non-hydrogen) atoms. The lowest BCUT2D eigenvalue weighted by molar-refractivity contribution is 0.0963. The second kappa shape index (κ2) is 5.40. The molecule has 0 aliphatic carbocycles. The van der Waals surface area contributed by atoms with E-state index in [0.717, 1.165) is 23.5 Å². The molecule has 1 aromatic heterocycles. The minimum Gasteiger partial charge on any atom is -0.379 e. The number of rotatable bonds is 4. The van der Waals surface area contributed by atoms with Crippen molar-refractivity contribution in [2.75, 3.05) is 12.4 Å². The Hall–Kier alpha value is -2.23. The second-order valence-corrected chi connectivity index (χ2v) is 4.16. The van der Waals surface area contributed by atoms with E-state index >= 15 is 0 Å². The molecule has 0 unspecified atom stereocenters. The Morgan fingerprint density at radius 2 is 2.17 bits per heavy atom. The monoisotopic (exact) mass is 243 g/mol. The predicted molar refractivity (Wildman–Crippen MR) is 72.7 cm³/mol. The van der Waals surface area contributed by atoms with Crippen LogP contribution in [-0.4, -0.2) is 17.9 Å². The highest BCUT2D eigenvalue weighted by Crippen LogP contribution is 2.17. The van der Waals surface area contributed by atoms with Crippen LogP contribution in [0.15, 0.2) is 36.5 Å². The molecule has 0 fully saturated rings. The van der Waals surface area contributed by atoms with Crippen molar-refractivity contribution < 1.29 is 4.79 Å². The number of nitrogens with one attached hydrogen (secondary N) is 3. The van der Waals surface area contributed by atoms with Crippen LogP contribution >= 0.6 is 0 Å². The van der Waals surface area contributed by atoms with E-state index in [-0.39, 0.29) is 5.91 Å². The van der Waals surface area contributed by atoms with Gasteiger partial charge in [-0.25, -0.2) is 0 Å². The highest BCUT2D eigenvalue weighted by molar-refractivity contribution is 5.94. The van der Waals surface area contributed by atoms with Crippen LogP contribution in [0.25, 0.3) is 0 Å². The number of amides is 1. The van der Waals surface area contributed by atoms with Gasteiger partial charge in [-0.3, -0.25) is 4.79 Å². The first-order valence-electron chi connectivity index (χ1n) is 5.89. The zero-order valence-electron chi connectivity index (χ0n) is 10.6. The average Bonchev–Trinajstić information content (AvgIpc) is 2.89. The third-order valence-corrected chi connectivity index (χ3v) is 2.85. The molecule has 0 aliphatic heterocycles. The zero-order chi connectivity index (χ0) is 13.0. The maximum Gasteiger partial charge on any atom is 0.251 e. The fourth-order valence-corrected chi connectivity index (χ4v) is 1.82. The molecule has 1 aromatic carbocycles. The van der Waals surface area contributed by atoms with Crippen molar-refractivity contribution >= 4 is 11.6 Å². The first-order chi connectivity index (χ1) is 8.70. The summed E-state index contributed by atoms with van der Waals surface area (Å²) in [4.78, 5) is 14.6. The van der Waals surface area contributed by atoms with Crippen molar-refractivity contribution in [3.8, 4) is 0 Å². The maximum absolute atomic E-state index is 11.5. The maximum atomic E-state index is 11.5. The molecule has 1 amide bonds. The molecule has 0 saturated heterocycles. The van der Waals surface area contributed by atoms with Gasteiger partial charge in [0.25, 0.3) is 5.91 Å². The summed E-state index contributed by atoms with van der Waals surface area (Å²) in [5.41, 5.74) is 3.91. The van der Waals surface area contributed by atoms with Crippen LogP contribution in [0.5, 0.6) is 0 Å². The van der Waals surface area contributed by atoms with Gasteiger partial charge in [-0.2, -0.15) is 0 Å². The first-order valence-corrected chi connectivity index (χ1v) is 5.89. The second-order valence-electron chi connectivity index (χ2n) is 4.16. The average molecular weight is 243 g/mol. The van der Waals surface area contributed by atoms with Gasteiger partial charge in [-0.1, -0.05) is 0 Å². The molecule has 2 aromatic rings. The normalized spacial score (nSPS) is 10.1. The highest BCUT2D eigenvalue weighted by Gasteiger charge is 2.05. The van der Waals surface area contributed by atoms with Crippen LogP contribution in [0, 0.1) is 6.92 Å². The first kappa shape index (κ1) is 12.2. The minimum atomic E-state index is -0.0611. The van der Waals surface area contributed by atoms with Gasteiger partial charge in [-0.05, 0) is 42.8 Å². The van der Waals surface area contributed by atoms with E-state index < -0.39 is 0 Å². The lowest BCUT2D eigenvalue weighted by Gasteiger charge is -2.10. The molecule has 0 aliphatic rings. The van der Waals surface area contributed by atoms with Gasteiger partial charge in [0.1, 0.15) is 0 Å². The molecular formula is C14H17N3O. The van der Waals surface area contributed by atoms with Crippen molar-refractivity contribution in [3.05, 3.63) is 53.3 Å². The molecule has 0 radical (unpaired) electrons. The van der Waals surface area contributed by atoms with Gasteiger partial charge >= 0.3 is 0 Å². The number of anilines is 1. The lowest BCUT2D eigenvalue weighted by Crippen LogP contribution is -2.17. The number of aryl methyl sites for hydroxylation is 1. The Kier molecular flexibility index (Phi) is 3.67. The van der Waals surface area contributed by atoms with Crippen LogP contribution in [0.1, 0.15) is 21.6 Å². The Morgan fingerprint density at radius 1 is 1.33 bits per heavy atom. The predicted octanol–water partition coefficient (Wildman–Crippen LogP) is 2.29. The lowest BCUT2D eigenvalue weighted by atomic mass is 10.1. The third kappa shape index (κ3) is 2.71. The molecule has 0 saturated carbocycles. The summed E-state index contributed by atoms with van der Waals surface area (Å²) in [5, 5.41) is 5.95. The van der Waals surface area contributed by atoms with Gasteiger partial charge in [0, 0.05) is 30.2 Å². The van der Waals surface area contributed by atoms with Crippen LogP contribution in [-0.2, 0) is 6.54 Å². The number of hydrogen-bond acceptors (Lipinski definition) is 2. The van der Waals surface area contributed by atoms with E-state index in [1.807, 2.05) is 43.5 Å². The van der Waals surface area contributed by atoms with Crippen molar-refractivity contribution in [2.24, 2.45) is 0 Å². The van der Waals surface area contributed by atoms with Crippen LogP contribution in [0.4, 0.5) is 5.69 Å². The summed E-state index contributed by atoms with van der Waals surface area (Å²) < 4.78 is 0. The fraction of sp³-hybridized carbons (Fsp3) is 0.214. The number of carbonyl (C=O) groups is 1. The molecule has 4 heteroatoms. The fourth-order valence-electron chi connectivity index (χ4n) is 1.82. The molecule has 3 N–H and O–H groups in total. The number of carbonyl (C=O) groups excluding carboxylic acids is 1. The van der Waals surface area contributed by atoms with Crippen molar-refractivity contribution in [3.63, 3.8) is 0 Å². The molecular weight excluding hydrogens is 226 g/mol. The van der Waals surface area contributed by atoms with Gasteiger partial charge < -0.3 is 15.6 Å². The van der Waals surface area contributed by atoms with Gasteiger partial charge in [0.2, 0.25) is 0 Å². The number of benzene rings is 1. The molecule has 94 valence electrons. The minimum absolute atomic E-state index is 0.0611. The number of aromatic nitrogens is 1. The molecule has 0 spiro atoms. The van der Waals surface area contributed by atoms with Crippen LogP contribution in [0.3, 0.4) is 0 Å². The van der Waals surface area contributed by atoms with E-state index in [1.165, 1.54) is 0 Å². The number of H-pyrrole nitrogens is 1. The van der Waals surface area contributed by atoms with Crippen LogP contribution < -0.4 is 10.6 Å². The zero-order valence-corrected chi connectivity index (χ0v) is 10.6. The molecule has 0 bridgehead atoms. The van der Waals surface area contributed by atoms with E-state index in [9.17, 15) is 4.79 Å². The van der Waals surface area contributed by atoms with E-state index in [1.54, 1.807) is 7.05 Å². The largest absolute Gasteiger partial charge is 0.379 e. The summed E-state index contributed by atoms with van der Waals surface area (Å²) >= 11 is 0. The van der Waals surface area contributed by atoms with Crippen molar-refractivity contribution in [1.29, 1.82) is 0 Å². The van der Waals surface area contributed by atoms with Gasteiger partial charge in [0.15, 0.2) is 0 Å². The van der Waals surface area contributed by atoms with E-state index in [2.05, 4.69) is 15.6 Å². The van der Waals surface area contributed by atoms with Crippen LogP contribution in [0.2, 0.25) is 0 Å². The molecule has 0 atom stereocenters. The Bertz CT molecular complexity index is 532. The number of hydrogen-bond donors (Lipinski definition) is 3. The highest BCUT2D eigenvalue weighted by atomic mass is 16.1. The summed E-state index contributed by atoms with van der Waals surface area (Å²) in [5.74, 6) is -0.0611. The topological polar surface area (TPSA) is 56.9 Å². The number of aromatic amines is 1. The summed E-state index contributed by atoms with van der Waals surface area (Å²) in [7, 11) is 1.63. The Morgan fingerprint density at radius 3 is 2.78 bits per heavy atom. The van der Waals surface area contributed by atoms with Gasteiger partial charge in [0.05, 0.1) is 6.54 Å². The van der Waals surface area contributed by atoms with E-state index in [4.69, 9.17) is 0 Å². The Labute approximate surface area is 106 Å².